The Morgan fingerprint density at radius 1 is 1.03 bits per heavy atom. The van der Waals surface area contributed by atoms with Crippen LogP contribution in [0.3, 0.4) is 0 Å². The first-order valence-corrected chi connectivity index (χ1v) is 10.4. The summed E-state index contributed by atoms with van der Waals surface area (Å²) in [7, 11) is 5.91. The van der Waals surface area contributed by atoms with Gasteiger partial charge in [-0.05, 0) is 39.0 Å². The fraction of sp³-hybridized carbons (Fsp3) is 0.273. The van der Waals surface area contributed by atoms with Crippen LogP contribution in [-0.4, -0.2) is 33.0 Å². The largest absolute Gasteiger partial charge is 0.354 e. The monoisotopic (exact) mass is 407 g/mol. The molecule has 0 amide bonds. The van der Waals surface area contributed by atoms with Crippen molar-refractivity contribution in [3.8, 4) is 22.6 Å². The molecule has 3 aromatic heterocycles. The van der Waals surface area contributed by atoms with Crippen LogP contribution in [0.25, 0.3) is 22.6 Å². The fourth-order valence-electron chi connectivity index (χ4n) is 3.77. The van der Waals surface area contributed by atoms with Crippen molar-refractivity contribution in [1.82, 2.24) is 18.9 Å². The predicted molar refractivity (Wildman–Crippen MR) is 120 cm³/mol. The molecule has 0 aliphatic rings. The highest BCUT2D eigenvalue weighted by atomic mass is 32.1. The van der Waals surface area contributed by atoms with Gasteiger partial charge in [-0.1, -0.05) is 18.2 Å². The van der Waals surface area contributed by atoms with Crippen molar-refractivity contribution in [2.45, 2.75) is 20.8 Å². The number of thiazole rings is 1. The van der Waals surface area contributed by atoms with Crippen molar-refractivity contribution in [2.75, 3.05) is 19.0 Å². The van der Waals surface area contributed by atoms with Gasteiger partial charge in [0.1, 0.15) is 5.69 Å². The van der Waals surface area contributed by atoms with Gasteiger partial charge in [-0.2, -0.15) is 0 Å². The lowest BCUT2D eigenvalue weighted by Gasteiger charge is -2.08. The van der Waals surface area contributed by atoms with Crippen molar-refractivity contribution in [3.63, 3.8) is 0 Å². The molecule has 150 valence electrons. The summed E-state index contributed by atoms with van der Waals surface area (Å²) < 4.78 is 5.69. The standard InChI is InChI=1S/C22H25N5OS/c1-14-12-18(19-13-29-22(23-19)24(4)5)15(2)26(14)20-16(3)25(6)27(21(20)28)17-10-8-7-9-11-17/h7-13H,1-6H3. The first-order chi connectivity index (χ1) is 13.8. The SMILES string of the molecule is Cc1cc(-c2csc(N(C)C)n2)c(C)n1-c1c(C)n(C)n(-c2ccccc2)c1=O. The molecule has 0 bridgehead atoms. The molecule has 1 aromatic carbocycles. The molecule has 0 N–H and O–H groups in total. The van der Waals surface area contributed by atoms with E-state index in [4.69, 9.17) is 4.98 Å². The van der Waals surface area contributed by atoms with Crippen LogP contribution in [0.4, 0.5) is 5.13 Å². The van der Waals surface area contributed by atoms with E-state index >= 15 is 0 Å². The van der Waals surface area contributed by atoms with Gasteiger partial charge in [-0.15, -0.1) is 11.3 Å². The number of hydrogen-bond donors (Lipinski definition) is 0. The van der Waals surface area contributed by atoms with Gasteiger partial charge in [-0.3, -0.25) is 9.48 Å². The summed E-state index contributed by atoms with van der Waals surface area (Å²) >= 11 is 1.62. The van der Waals surface area contributed by atoms with E-state index in [1.165, 1.54) is 0 Å². The molecule has 0 radical (unpaired) electrons. The molecule has 0 saturated heterocycles. The van der Waals surface area contributed by atoms with Crippen LogP contribution >= 0.6 is 11.3 Å². The Balaban J connectivity index is 1.91. The normalized spacial score (nSPS) is 11.2. The van der Waals surface area contributed by atoms with Crippen LogP contribution in [0.2, 0.25) is 0 Å². The second kappa shape index (κ2) is 7.08. The van der Waals surface area contributed by atoms with Crippen molar-refractivity contribution in [2.24, 2.45) is 7.05 Å². The van der Waals surface area contributed by atoms with Crippen LogP contribution < -0.4 is 10.5 Å². The predicted octanol–water partition coefficient (Wildman–Crippen LogP) is 4.08. The molecule has 4 rings (SSSR count). The molecule has 0 fully saturated rings. The third kappa shape index (κ3) is 3.02. The zero-order valence-corrected chi connectivity index (χ0v) is 18.4. The zero-order chi connectivity index (χ0) is 20.9. The zero-order valence-electron chi connectivity index (χ0n) is 17.6. The Hall–Kier alpha value is -3.06. The molecule has 0 saturated carbocycles. The number of anilines is 1. The van der Waals surface area contributed by atoms with E-state index in [0.29, 0.717) is 5.69 Å². The van der Waals surface area contributed by atoms with Crippen LogP contribution in [0.1, 0.15) is 17.1 Å². The minimum atomic E-state index is -0.0307. The Morgan fingerprint density at radius 3 is 2.34 bits per heavy atom. The number of rotatable bonds is 4. The Morgan fingerprint density at radius 2 is 1.72 bits per heavy atom. The highest BCUT2D eigenvalue weighted by Crippen LogP contribution is 2.32. The second-order valence-electron chi connectivity index (χ2n) is 7.44. The van der Waals surface area contributed by atoms with Crippen LogP contribution in [-0.2, 0) is 7.05 Å². The molecular weight excluding hydrogens is 382 g/mol. The molecule has 6 nitrogen and oxygen atoms in total. The lowest BCUT2D eigenvalue weighted by atomic mass is 10.2. The molecule has 0 spiro atoms. The van der Waals surface area contributed by atoms with Gasteiger partial charge in [0, 0.05) is 43.5 Å². The third-order valence-electron chi connectivity index (χ3n) is 5.33. The van der Waals surface area contributed by atoms with E-state index in [2.05, 4.69) is 22.9 Å². The van der Waals surface area contributed by atoms with Gasteiger partial charge < -0.3 is 9.47 Å². The molecule has 0 unspecified atom stereocenters. The van der Waals surface area contributed by atoms with E-state index in [1.54, 1.807) is 16.0 Å². The second-order valence-corrected chi connectivity index (χ2v) is 8.28. The van der Waals surface area contributed by atoms with E-state index in [-0.39, 0.29) is 5.56 Å². The molecule has 0 aliphatic carbocycles. The maximum absolute atomic E-state index is 13.5. The van der Waals surface area contributed by atoms with Gasteiger partial charge in [0.2, 0.25) is 0 Å². The first-order valence-electron chi connectivity index (χ1n) is 9.47. The van der Waals surface area contributed by atoms with Crippen LogP contribution in [0.15, 0.2) is 46.6 Å². The summed E-state index contributed by atoms with van der Waals surface area (Å²) in [5, 5.41) is 3.04. The van der Waals surface area contributed by atoms with Crippen molar-refractivity contribution in [3.05, 3.63) is 69.2 Å². The summed E-state index contributed by atoms with van der Waals surface area (Å²) in [6.45, 7) is 6.08. The highest BCUT2D eigenvalue weighted by Gasteiger charge is 2.22. The number of para-hydroxylation sites is 1. The quantitative estimate of drug-likeness (QED) is 0.512. The summed E-state index contributed by atoms with van der Waals surface area (Å²) in [6.07, 6.45) is 0. The molecule has 29 heavy (non-hydrogen) atoms. The number of aryl methyl sites for hydroxylation is 1. The molecule has 4 aromatic rings. The Bertz CT molecular complexity index is 1240. The Labute approximate surface area is 174 Å². The van der Waals surface area contributed by atoms with E-state index in [9.17, 15) is 4.79 Å². The molecule has 7 heteroatoms. The highest BCUT2D eigenvalue weighted by molar-refractivity contribution is 7.14. The number of benzene rings is 1. The number of aromatic nitrogens is 4. The molecule has 3 heterocycles. The van der Waals surface area contributed by atoms with Crippen molar-refractivity contribution < 1.29 is 0 Å². The summed E-state index contributed by atoms with van der Waals surface area (Å²) in [6, 6.07) is 11.8. The smallest absolute Gasteiger partial charge is 0.295 e. The van der Waals surface area contributed by atoms with Gasteiger partial charge in [0.25, 0.3) is 5.56 Å². The van der Waals surface area contributed by atoms with Crippen molar-refractivity contribution in [1.29, 1.82) is 0 Å². The van der Waals surface area contributed by atoms with E-state index < -0.39 is 0 Å². The third-order valence-corrected chi connectivity index (χ3v) is 6.34. The van der Waals surface area contributed by atoms with Gasteiger partial charge >= 0.3 is 0 Å². The molecule has 0 aliphatic heterocycles. The van der Waals surface area contributed by atoms with E-state index in [0.717, 1.165) is 39.2 Å². The first kappa shape index (κ1) is 19.3. The summed E-state index contributed by atoms with van der Waals surface area (Å²) in [5.74, 6) is 0. The Kier molecular flexibility index (Phi) is 4.70. The minimum absolute atomic E-state index is 0.0307. The lowest BCUT2D eigenvalue weighted by Crippen LogP contribution is -2.21. The van der Waals surface area contributed by atoms with Gasteiger partial charge in [0.05, 0.1) is 17.1 Å². The average Bonchev–Trinajstić information content (AvgIpc) is 3.34. The molecule has 0 atom stereocenters. The number of nitrogens with zero attached hydrogens (tertiary/aromatic N) is 5. The molecular formula is C22H25N5OS. The summed E-state index contributed by atoms with van der Waals surface area (Å²) in [4.78, 5) is 20.2. The van der Waals surface area contributed by atoms with Crippen molar-refractivity contribution >= 4 is 16.5 Å². The minimum Gasteiger partial charge on any atom is -0.354 e. The van der Waals surface area contributed by atoms with Crippen LogP contribution in [0, 0.1) is 20.8 Å². The summed E-state index contributed by atoms with van der Waals surface area (Å²) in [5.41, 5.74) is 6.45. The maximum atomic E-state index is 13.5. The topological polar surface area (TPSA) is 48.0 Å². The van der Waals surface area contributed by atoms with E-state index in [1.807, 2.05) is 74.9 Å². The van der Waals surface area contributed by atoms with Crippen LogP contribution in [0.5, 0.6) is 0 Å². The van der Waals surface area contributed by atoms with Gasteiger partial charge in [-0.25, -0.2) is 9.67 Å². The average molecular weight is 408 g/mol. The van der Waals surface area contributed by atoms with Gasteiger partial charge in [0.15, 0.2) is 5.13 Å². The number of hydrogen-bond acceptors (Lipinski definition) is 4. The lowest BCUT2D eigenvalue weighted by molar-refractivity contribution is 0.630. The maximum Gasteiger partial charge on any atom is 0.295 e. The fourth-order valence-corrected chi connectivity index (χ4v) is 4.53.